The van der Waals surface area contributed by atoms with Crippen molar-refractivity contribution in [3.63, 3.8) is 0 Å². The third-order valence-corrected chi connectivity index (χ3v) is 3.15. The number of carbonyl (C=O) groups is 1. The minimum absolute atomic E-state index is 0.164. The maximum atomic E-state index is 12.1. The van der Waals surface area contributed by atoms with Crippen LogP contribution in [0.15, 0.2) is 18.6 Å². The van der Waals surface area contributed by atoms with Crippen LogP contribution in [0.4, 0.5) is 5.69 Å². The zero-order valence-electron chi connectivity index (χ0n) is 12.3. The van der Waals surface area contributed by atoms with Gasteiger partial charge in [-0.1, -0.05) is 0 Å². The van der Waals surface area contributed by atoms with Crippen LogP contribution in [0.3, 0.4) is 0 Å². The van der Waals surface area contributed by atoms with Gasteiger partial charge in [-0.15, -0.1) is 0 Å². The molecule has 0 aliphatic heterocycles. The molecule has 0 saturated carbocycles. The van der Waals surface area contributed by atoms with Crippen molar-refractivity contribution in [3.05, 3.63) is 29.8 Å². The van der Waals surface area contributed by atoms with Gasteiger partial charge in [0, 0.05) is 25.5 Å². The highest BCUT2D eigenvalue weighted by molar-refractivity contribution is 6.04. The van der Waals surface area contributed by atoms with Crippen LogP contribution in [0, 0.1) is 6.92 Å². The second-order valence-electron chi connectivity index (χ2n) is 5.02. The highest BCUT2D eigenvalue weighted by atomic mass is 16.1. The summed E-state index contributed by atoms with van der Waals surface area (Å²) >= 11 is 0. The highest BCUT2D eigenvalue weighted by Crippen LogP contribution is 2.11. The summed E-state index contributed by atoms with van der Waals surface area (Å²) in [6, 6.07) is 0. The van der Waals surface area contributed by atoms with Gasteiger partial charge in [-0.3, -0.25) is 14.2 Å². The average Bonchev–Trinajstić information content (AvgIpc) is 2.95. The lowest BCUT2D eigenvalue weighted by Crippen LogP contribution is -2.18. The van der Waals surface area contributed by atoms with E-state index >= 15 is 0 Å². The van der Waals surface area contributed by atoms with Gasteiger partial charge in [0.05, 0.1) is 30.2 Å². The van der Waals surface area contributed by atoms with E-state index in [1.165, 1.54) is 0 Å². The number of anilines is 1. The van der Waals surface area contributed by atoms with E-state index in [9.17, 15) is 4.79 Å². The minimum Gasteiger partial charge on any atom is -0.319 e. The molecule has 0 fully saturated rings. The Morgan fingerprint density at radius 3 is 2.70 bits per heavy atom. The maximum absolute atomic E-state index is 12.1. The Bertz CT molecular complexity index is 598. The average molecular weight is 276 g/mol. The first kappa shape index (κ1) is 14.3. The molecular formula is C13H20N6O. The van der Waals surface area contributed by atoms with E-state index in [0.717, 1.165) is 18.8 Å². The molecule has 0 spiro atoms. The van der Waals surface area contributed by atoms with E-state index in [4.69, 9.17) is 0 Å². The summed E-state index contributed by atoms with van der Waals surface area (Å²) in [6.45, 7) is 3.55. The number of amides is 1. The molecule has 2 aromatic heterocycles. The number of aromatic nitrogens is 4. The van der Waals surface area contributed by atoms with Gasteiger partial charge >= 0.3 is 0 Å². The van der Waals surface area contributed by atoms with E-state index < -0.39 is 0 Å². The van der Waals surface area contributed by atoms with E-state index in [2.05, 4.69) is 20.4 Å². The van der Waals surface area contributed by atoms with Gasteiger partial charge in [-0.05, 0) is 21.0 Å². The van der Waals surface area contributed by atoms with E-state index in [1.54, 1.807) is 17.1 Å². The molecule has 0 aliphatic carbocycles. The Kier molecular flexibility index (Phi) is 4.19. The molecule has 7 heteroatoms. The summed E-state index contributed by atoms with van der Waals surface area (Å²) in [5, 5.41) is 11.1. The molecule has 108 valence electrons. The van der Waals surface area contributed by atoms with Crippen LogP contribution in [0.5, 0.6) is 0 Å². The molecule has 0 unspecified atom stereocenters. The van der Waals surface area contributed by atoms with Crippen LogP contribution in [0.25, 0.3) is 0 Å². The molecule has 0 aliphatic rings. The van der Waals surface area contributed by atoms with Crippen LogP contribution >= 0.6 is 0 Å². The van der Waals surface area contributed by atoms with Gasteiger partial charge in [0.1, 0.15) is 0 Å². The molecule has 20 heavy (non-hydrogen) atoms. The summed E-state index contributed by atoms with van der Waals surface area (Å²) in [7, 11) is 5.83. The summed E-state index contributed by atoms with van der Waals surface area (Å²) in [4.78, 5) is 14.2. The van der Waals surface area contributed by atoms with Gasteiger partial charge in [-0.2, -0.15) is 10.2 Å². The number of hydrogen-bond acceptors (Lipinski definition) is 4. The molecule has 2 rings (SSSR count). The van der Waals surface area contributed by atoms with Crippen LogP contribution in [0.1, 0.15) is 16.1 Å². The minimum atomic E-state index is -0.164. The number of aryl methyl sites for hydroxylation is 1. The van der Waals surface area contributed by atoms with Gasteiger partial charge < -0.3 is 10.2 Å². The first-order chi connectivity index (χ1) is 9.47. The first-order valence-corrected chi connectivity index (χ1v) is 6.44. The molecule has 1 amide bonds. The Morgan fingerprint density at radius 2 is 2.10 bits per heavy atom. The molecule has 0 radical (unpaired) electrons. The highest BCUT2D eigenvalue weighted by Gasteiger charge is 2.13. The van der Waals surface area contributed by atoms with Crippen molar-refractivity contribution in [1.29, 1.82) is 0 Å². The topological polar surface area (TPSA) is 68.0 Å². The lowest BCUT2D eigenvalue weighted by molar-refractivity contribution is 0.102. The normalized spacial score (nSPS) is 11.1. The second-order valence-corrected chi connectivity index (χ2v) is 5.02. The van der Waals surface area contributed by atoms with Crippen LogP contribution < -0.4 is 5.32 Å². The van der Waals surface area contributed by atoms with Crippen molar-refractivity contribution in [2.45, 2.75) is 13.5 Å². The van der Waals surface area contributed by atoms with Gasteiger partial charge in [0.2, 0.25) is 0 Å². The number of rotatable bonds is 5. The summed E-state index contributed by atoms with van der Waals surface area (Å²) in [6.07, 6.45) is 5.05. The van der Waals surface area contributed by atoms with Crippen LogP contribution in [0.2, 0.25) is 0 Å². The smallest absolute Gasteiger partial charge is 0.259 e. The monoisotopic (exact) mass is 276 g/mol. The number of hydrogen-bond donors (Lipinski definition) is 1. The van der Waals surface area contributed by atoms with Crippen molar-refractivity contribution in [1.82, 2.24) is 24.5 Å². The molecule has 1 N–H and O–H groups in total. The molecule has 2 aromatic rings. The van der Waals surface area contributed by atoms with E-state index in [-0.39, 0.29) is 5.91 Å². The van der Waals surface area contributed by atoms with E-state index in [1.807, 2.05) is 38.9 Å². The van der Waals surface area contributed by atoms with Crippen molar-refractivity contribution in [3.8, 4) is 0 Å². The fourth-order valence-electron chi connectivity index (χ4n) is 1.77. The summed E-state index contributed by atoms with van der Waals surface area (Å²) < 4.78 is 3.49. The Morgan fingerprint density at radius 1 is 1.35 bits per heavy atom. The Balaban J connectivity index is 2.00. The van der Waals surface area contributed by atoms with Crippen molar-refractivity contribution < 1.29 is 4.79 Å². The largest absolute Gasteiger partial charge is 0.319 e. The number of carbonyl (C=O) groups excluding carboxylic acids is 1. The van der Waals surface area contributed by atoms with Crippen molar-refractivity contribution in [2.75, 3.05) is 26.0 Å². The molecule has 2 heterocycles. The molecule has 0 aromatic carbocycles. The SMILES string of the molecule is Cc1c(C(=O)Nc2cnn(CCN(C)C)c2)cnn1C. The fraction of sp³-hybridized carbons (Fsp3) is 0.462. The molecule has 0 saturated heterocycles. The first-order valence-electron chi connectivity index (χ1n) is 6.44. The number of nitrogens with one attached hydrogen (secondary N) is 1. The Labute approximate surface area is 118 Å². The lowest BCUT2D eigenvalue weighted by Gasteiger charge is -2.08. The summed E-state index contributed by atoms with van der Waals surface area (Å²) in [5.41, 5.74) is 2.10. The molecule has 7 nitrogen and oxygen atoms in total. The molecule has 0 atom stereocenters. The third kappa shape index (κ3) is 3.24. The van der Waals surface area contributed by atoms with Crippen LogP contribution in [-0.4, -0.2) is 51.0 Å². The van der Waals surface area contributed by atoms with Crippen molar-refractivity contribution in [2.24, 2.45) is 7.05 Å². The third-order valence-electron chi connectivity index (χ3n) is 3.15. The Hall–Kier alpha value is -2.15. The number of nitrogens with zero attached hydrogens (tertiary/aromatic N) is 5. The van der Waals surface area contributed by atoms with Crippen molar-refractivity contribution >= 4 is 11.6 Å². The van der Waals surface area contributed by atoms with Crippen LogP contribution in [-0.2, 0) is 13.6 Å². The fourth-order valence-corrected chi connectivity index (χ4v) is 1.77. The zero-order valence-corrected chi connectivity index (χ0v) is 12.3. The van der Waals surface area contributed by atoms with Gasteiger partial charge in [0.25, 0.3) is 5.91 Å². The predicted octanol–water partition coefficient (Wildman–Crippen LogP) is 0.739. The molecule has 0 bridgehead atoms. The molecular weight excluding hydrogens is 256 g/mol. The van der Waals surface area contributed by atoms with Gasteiger partial charge in [0.15, 0.2) is 0 Å². The zero-order chi connectivity index (χ0) is 14.7. The second kappa shape index (κ2) is 5.87. The lowest BCUT2D eigenvalue weighted by atomic mass is 10.2. The van der Waals surface area contributed by atoms with E-state index in [0.29, 0.717) is 11.3 Å². The standard InChI is InChI=1S/C13H20N6O/c1-10-12(8-14-18(10)4)13(20)16-11-7-15-19(9-11)6-5-17(2)3/h7-9H,5-6H2,1-4H3,(H,16,20). The predicted molar refractivity (Wildman–Crippen MR) is 76.7 cm³/mol. The maximum Gasteiger partial charge on any atom is 0.259 e. The number of likely N-dealkylation sites (N-methyl/N-ethyl adjacent to an activating group) is 1. The quantitative estimate of drug-likeness (QED) is 0.874. The summed E-state index contributed by atoms with van der Waals surface area (Å²) in [5.74, 6) is -0.164. The van der Waals surface area contributed by atoms with Gasteiger partial charge in [-0.25, -0.2) is 0 Å².